The van der Waals surface area contributed by atoms with Gasteiger partial charge in [-0.1, -0.05) is 13.8 Å². The van der Waals surface area contributed by atoms with Crippen molar-refractivity contribution < 1.29 is 4.79 Å². The molecule has 1 fully saturated rings. The highest BCUT2D eigenvalue weighted by molar-refractivity contribution is 9.10. The van der Waals surface area contributed by atoms with Crippen molar-refractivity contribution in [2.75, 3.05) is 23.3 Å². The molecule has 4 heterocycles. The van der Waals surface area contributed by atoms with Gasteiger partial charge in [-0.25, -0.2) is 4.98 Å². The molecule has 3 aromatic rings. The topological polar surface area (TPSA) is 138 Å². The van der Waals surface area contributed by atoms with E-state index in [-0.39, 0.29) is 17.0 Å². The molecule has 0 bridgehead atoms. The Labute approximate surface area is 181 Å². The molecular formula is C19H20BrN9O. The second kappa shape index (κ2) is 7.53. The molecule has 3 aromatic heterocycles. The van der Waals surface area contributed by atoms with Gasteiger partial charge in [0.25, 0.3) is 5.91 Å². The molecule has 3 N–H and O–H groups in total. The molecule has 1 atom stereocenters. The third-order valence-electron chi connectivity index (χ3n) is 5.35. The average Bonchev–Trinajstić information content (AvgIpc) is 3.09. The van der Waals surface area contributed by atoms with Crippen molar-refractivity contribution >= 4 is 39.1 Å². The van der Waals surface area contributed by atoms with Gasteiger partial charge in [-0.3, -0.25) is 4.79 Å². The van der Waals surface area contributed by atoms with Crippen LogP contribution in [0.15, 0.2) is 29.0 Å². The summed E-state index contributed by atoms with van der Waals surface area (Å²) in [6.07, 6.45) is 2.27. The fourth-order valence-corrected chi connectivity index (χ4v) is 4.13. The van der Waals surface area contributed by atoms with E-state index in [9.17, 15) is 4.79 Å². The van der Waals surface area contributed by atoms with Crippen molar-refractivity contribution in [2.45, 2.75) is 26.3 Å². The van der Waals surface area contributed by atoms with Crippen LogP contribution in [0, 0.1) is 16.7 Å². The molecule has 154 valence electrons. The maximum atomic E-state index is 12.0. The van der Waals surface area contributed by atoms with Crippen molar-refractivity contribution in [2.24, 2.45) is 11.1 Å². The summed E-state index contributed by atoms with van der Waals surface area (Å²) >= 11 is 3.36. The van der Waals surface area contributed by atoms with E-state index in [1.165, 1.54) is 6.20 Å². The zero-order chi connectivity index (χ0) is 21.5. The number of fused-ring (bicyclic) bond motifs is 1. The molecule has 0 aliphatic carbocycles. The van der Waals surface area contributed by atoms with Crippen molar-refractivity contribution in [1.82, 2.24) is 24.8 Å². The van der Waals surface area contributed by atoms with Gasteiger partial charge >= 0.3 is 0 Å². The zero-order valence-corrected chi connectivity index (χ0v) is 18.1. The monoisotopic (exact) mass is 469 g/mol. The van der Waals surface area contributed by atoms with Gasteiger partial charge in [0.15, 0.2) is 17.2 Å². The van der Waals surface area contributed by atoms with Gasteiger partial charge in [-0.15, -0.1) is 10.2 Å². The maximum Gasteiger partial charge on any atom is 0.254 e. The Bertz CT molecular complexity index is 1150. The van der Waals surface area contributed by atoms with E-state index in [1.54, 1.807) is 16.6 Å². The molecule has 1 amide bonds. The fourth-order valence-electron chi connectivity index (χ4n) is 3.76. The van der Waals surface area contributed by atoms with E-state index in [0.29, 0.717) is 28.3 Å². The van der Waals surface area contributed by atoms with Gasteiger partial charge < -0.3 is 16.0 Å². The highest BCUT2D eigenvalue weighted by Crippen LogP contribution is 2.34. The lowest BCUT2D eigenvalue weighted by Crippen LogP contribution is -2.52. The minimum absolute atomic E-state index is 0.0479. The molecule has 1 saturated heterocycles. The number of hydrogen-bond donors (Lipinski definition) is 2. The number of aromatic nitrogens is 5. The summed E-state index contributed by atoms with van der Waals surface area (Å²) in [5, 5.41) is 24.9. The third-order valence-corrected chi connectivity index (χ3v) is 5.74. The van der Waals surface area contributed by atoms with Crippen LogP contribution in [0.4, 0.5) is 11.6 Å². The lowest BCUT2D eigenvalue weighted by Gasteiger charge is -2.45. The second-order valence-corrected chi connectivity index (χ2v) is 8.72. The number of piperidine rings is 1. The minimum Gasteiger partial charge on any atom is -0.366 e. The van der Waals surface area contributed by atoms with Crippen molar-refractivity contribution in [1.29, 1.82) is 5.26 Å². The molecule has 0 unspecified atom stereocenters. The lowest BCUT2D eigenvalue weighted by molar-refractivity contribution is 0.1000. The molecule has 0 spiro atoms. The molecule has 0 saturated carbocycles. The predicted octanol–water partition coefficient (Wildman–Crippen LogP) is 1.97. The van der Waals surface area contributed by atoms with Crippen LogP contribution in [0.1, 0.15) is 36.3 Å². The number of nitriles is 1. The number of nitrogens with zero attached hydrogens (tertiary/aromatic N) is 7. The van der Waals surface area contributed by atoms with E-state index in [2.05, 4.69) is 60.3 Å². The van der Waals surface area contributed by atoms with Crippen LogP contribution in [0.25, 0.3) is 5.65 Å². The average molecular weight is 470 g/mol. The number of nitrogens with one attached hydrogen (secondary N) is 1. The standard InChI is InChI=1S/C19H20BrN9O/c1-19(2)10-28(15-4-3-11(8-21)25-26-15)6-5-13(19)24-18-12(17(22)30)9-23-16-7-14(20)27-29(16)18/h3-4,7,9,13,24H,5-6,10H2,1-2H3,(H2,22,30)/t13-/m1/s1. The van der Waals surface area contributed by atoms with Gasteiger partial charge in [0, 0.05) is 36.8 Å². The number of rotatable bonds is 4. The van der Waals surface area contributed by atoms with Gasteiger partial charge in [0.05, 0.1) is 5.56 Å². The Hall–Kier alpha value is -3.26. The molecule has 4 rings (SSSR count). The summed E-state index contributed by atoms with van der Waals surface area (Å²) in [7, 11) is 0. The number of anilines is 2. The van der Waals surface area contributed by atoms with E-state index < -0.39 is 5.91 Å². The smallest absolute Gasteiger partial charge is 0.254 e. The summed E-state index contributed by atoms with van der Waals surface area (Å²) in [4.78, 5) is 18.4. The Morgan fingerprint density at radius 3 is 2.83 bits per heavy atom. The zero-order valence-electron chi connectivity index (χ0n) is 16.5. The normalized spacial score (nSPS) is 18.2. The number of hydrogen-bond acceptors (Lipinski definition) is 8. The molecular weight excluding hydrogens is 450 g/mol. The minimum atomic E-state index is -0.568. The van der Waals surface area contributed by atoms with Crippen LogP contribution in [0.2, 0.25) is 0 Å². The summed E-state index contributed by atoms with van der Waals surface area (Å²) in [6, 6.07) is 7.28. The first kappa shape index (κ1) is 20.0. The molecule has 0 aromatic carbocycles. The quantitative estimate of drug-likeness (QED) is 0.590. The number of carbonyl (C=O) groups is 1. The summed E-state index contributed by atoms with van der Waals surface area (Å²) < 4.78 is 2.21. The Morgan fingerprint density at radius 2 is 2.20 bits per heavy atom. The highest BCUT2D eigenvalue weighted by atomic mass is 79.9. The summed E-state index contributed by atoms with van der Waals surface area (Å²) in [5.74, 6) is 0.699. The number of amides is 1. The van der Waals surface area contributed by atoms with Crippen molar-refractivity contribution in [3.8, 4) is 6.07 Å². The predicted molar refractivity (Wildman–Crippen MR) is 114 cm³/mol. The molecule has 30 heavy (non-hydrogen) atoms. The van der Waals surface area contributed by atoms with Crippen LogP contribution < -0.4 is 16.0 Å². The number of carbonyl (C=O) groups excluding carboxylic acids is 1. The third kappa shape index (κ3) is 3.66. The van der Waals surface area contributed by atoms with Crippen LogP contribution in [-0.4, -0.2) is 49.8 Å². The first-order chi connectivity index (χ1) is 14.3. The Morgan fingerprint density at radius 1 is 1.40 bits per heavy atom. The van der Waals surface area contributed by atoms with E-state index in [4.69, 9.17) is 11.0 Å². The van der Waals surface area contributed by atoms with Crippen LogP contribution in [-0.2, 0) is 0 Å². The summed E-state index contributed by atoms with van der Waals surface area (Å²) in [6.45, 7) is 5.75. The molecule has 11 heteroatoms. The van der Waals surface area contributed by atoms with Gasteiger partial charge in [-0.2, -0.15) is 14.9 Å². The highest BCUT2D eigenvalue weighted by Gasteiger charge is 2.37. The molecule has 0 radical (unpaired) electrons. The van der Waals surface area contributed by atoms with Crippen molar-refractivity contribution in [3.63, 3.8) is 0 Å². The van der Waals surface area contributed by atoms with Gasteiger partial charge in [0.2, 0.25) is 0 Å². The largest absolute Gasteiger partial charge is 0.366 e. The van der Waals surface area contributed by atoms with Gasteiger partial charge in [0.1, 0.15) is 16.5 Å². The van der Waals surface area contributed by atoms with Crippen LogP contribution >= 0.6 is 15.9 Å². The van der Waals surface area contributed by atoms with Crippen molar-refractivity contribution in [3.05, 3.63) is 40.3 Å². The Balaban J connectivity index is 1.61. The lowest BCUT2D eigenvalue weighted by atomic mass is 9.79. The van der Waals surface area contributed by atoms with E-state index in [0.717, 1.165) is 18.8 Å². The number of nitrogens with two attached hydrogens (primary N) is 1. The van der Waals surface area contributed by atoms with E-state index >= 15 is 0 Å². The number of primary amides is 1. The molecule has 1 aliphatic rings. The Kier molecular flexibility index (Phi) is 5.03. The first-order valence-electron chi connectivity index (χ1n) is 9.38. The van der Waals surface area contributed by atoms with Gasteiger partial charge in [-0.05, 0) is 34.5 Å². The van der Waals surface area contributed by atoms with Crippen LogP contribution in [0.5, 0.6) is 0 Å². The molecule has 10 nitrogen and oxygen atoms in total. The second-order valence-electron chi connectivity index (χ2n) is 7.91. The SMILES string of the molecule is CC1(C)CN(c2ccc(C#N)nn2)CC[C@H]1Nc1c(C(N)=O)cnc2cc(Br)nn12. The maximum absolute atomic E-state index is 12.0. The molecule has 1 aliphatic heterocycles. The van der Waals surface area contributed by atoms with E-state index in [1.807, 2.05) is 12.1 Å². The van der Waals surface area contributed by atoms with Crippen LogP contribution in [0.3, 0.4) is 0 Å². The number of halogens is 1. The fraction of sp³-hybridized carbons (Fsp3) is 0.368. The summed E-state index contributed by atoms with van der Waals surface area (Å²) in [5.41, 5.74) is 6.60. The first-order valence-corrected chi connectivity index (χ1v) is 10.2.